The minimum atomic E-state index is -4.24. The van der Waals surface area contributed by atoms with Crippen molar-refractivity contribution in [2.24, 2.45) is 52.5 Å². The molecule has 0 aliphatic rings. The van der Waals surface area contributed by atoms with Gasteiger partial charge in [0, 0.05) is 115 Å². The van der Waals surface area contributed by atoms with Crippen molar-refractivity contribution in [2.45, 2.75) is 157 Å². The molecule has 0 aliphatic carbocycles. The second kappa shape index (κ2) is 35.2. The number of aromatic nitrogens is 5. The summed E-state index contributed by atoms with van der Waals surface area (Å²) in [5, 5.41) is 6.10. The molecule has 0 radical (unpaired) electrons. The summed E-state index contributed by atoms with van der Waals surface area (Å²) in [4.78, 5) is 0. The summed E-state index contributed by atoms with van der Waals surface area (Å²) >= 11 is 0. The van der Waals surface area contributed by atoms with Crippen LogP contribution in [0.1, 0.15) is 131 Å². The van der Waals surface area contributed by atoms with Gasteiger partial charge in [-0.05, 0) is 267 Å². The van der Waals surface area contributed by atoms with Gasteiger partial charge in [-0.25, -0.2) is 0 Å². The Morgan fingerprint density at radius 1 is 0.281 bits per heavy atom. The van der Waals surface area contributed by atoms with Gasteiger partial charge in [0.05, 0.1) is 5.41 Å². The summed E-state index contributed by atoms with van der Waals surface area (Å²) < 4.78 is 51.5. The first-order valence-electron chi connectivity index (χ1n) is 40.5. The molecule has 0 saturated heterocycles. The number of hydrogen-bond donors (Lipinski definition) is 0. The molecule has 0 N–H and O–H groups in total. The molecule has 584 valence electrons. The van der Waals surface area contributed by atoms with Crippen LogP contribution in [0.2, 0.25) is 0 Å². The lowest BCUT2D eigenvalue weighted by atomic mass is 9.84. The molecular formula is C106H119F3N5+5. The normalized spacial score (nSPS) is 11.6. The molecule has 10 aromatic carbocycles. The van der Waals surface area contributed by atoms with Crippen LogP contribution in [0.25, 0.3) is 111 Å². The fourth-order valence-corrected chi connectivity index (χ4v) is 16.5. The number of aryl methyl sites for hydroxylation is 14. The predicted octanol–water partition coefficient (Wildman–Crippen LogP) is 25.2. The summed E-state index contributed by atoms with van der Waals surface area (Å²) in [5.74, 6) is 1.35. The Bertz CT molecular complexity index is 6020. The number of para-hydroxylation sites is 2. The fourth-order valence-electron chi connectivity index (χ4n) is 16.5. The third-order valence-electron chi connectivity index (χ3n) is 23.5. The van der Waals surface area contributed by atoms with Crippen LogP contribution in [0, 0.1) is 107 Å². The Morgan fingerprint density at radius 2 is 0.596 bits per heavy atom. The molecule has 8 heteroatoms. The summed E-state index contributed by atoms with van der Waals surface area (Å²) in [7, 11) is 10.6. The Kier molecular flexibility index (Phi) is 25.9. The van der Waals surface area contributed by atoms with Crippen LogP contribution < -0.4 is 22.8 Å². The maximum absolute atomic E-state index is 13.4. The van der Waals surface area contributed by atoms with Crippen LogP contribution in [-0.4, -0.2) is 6.18 Å². The Balaban J connectivity index is 0.000000141. The largest absolute Gasteiger partial charge is 0.394 e. The van der Waals surface area contributed by atoms with E-state index in [1.54, 1.807) is 6.07 Å². The Hall–Kier alpha value is -11.0. The van der Waals surface area contributed by atoms with E-state index < -0.39 is 11.6 Å². The van der Waals surface area contributed by atoms with Gasteiger partial charge in [-0.1, -0.05) is 161 Å². The molecule has 0 amide bonds. The van der Waals surface area contributed by atoms with E-state index in [0.29, 0.717) is 11.8 Å². The van der Waals surface area contributed by atoms with Gasteiger partial charge in [-0.15, -0.1) is 0 Å². The molecule has 15 rings (SSSR count). The van der Waals surface area contributed by atoms with E-state index in [1.165, 1.54) is 186 Å². The van der Waals surface area contributed by atoms with Crippen LogP contribution in [0.4, 0.5) is 13.2 Å². The number of halogens is 3. The zero-order chi connectivity index (χ0) is 82.5. The first-order valence-corrected chi connectivity index (χ1v) is 40.5. The smallest absolute Gasteiger partial charge is 0.194 e. The van der Waals surface area contributed by atoms with Crippen molar-refractivity contribution in [3.05, 3.63) is 326 Å². The molecular weight excluding hydrogens is 1400 g/mol. The van der Waals surface area contributed by atoms with E-state index in [0.717, 1.165) is 40.6 Å². The van der Waals surface area contributed by atoms with E-state index in [9.17, 15) is 13.2 Å². The lowest BCUT2D eigenvalue weighted by Gasteiger charge is -2.28. The third kappa shape index (κ3) is 18.5. The Morgan fingerprint density at radius 3 is 0.991 bits per heavy atom. The maximum atomic E-state index is 13.4. The van der Waals surface area contributed by atoms with Crippen molar-refractivity contribution in [2.75, 3.05) is 0 Å². The molecule has 5 heterocycles. The van der Waals surface area contributed by atoms with Crippen molar-refractivity contribution >= 4 is 54.5 Å². The van der Waals surface area contributed by atoms with E-state index in [-0.39, 0.29) is 6.42 Å². The molecule has 0 bridgehead atoms. The zero-order valence-electron chi connectivity index (χ0n) is 72.2. The number of fused-ring (bicyclic) bond motifs is 5. The molecule has 0 saturated carbocycles. The standard InChI is InChI=1S/C24H27F3N.2C23H28N.C19H20N.C17H16N/c1-15-12-16(2)17(3)20(13-15)22-11-10-19-18(8-7-9-21(19)28(22)6)14-23(4,5)24(25,26)27;1-15(2)11-19-7-8-20-9-10-22(24(6)23(20)14-19)21-13-16(3)12-17(4)18(21)5;1-15(2)12-19-8-7-9-22-20(19)10-11-23(24(22)6)21-14-16(3)13-17(4)18(21)5;1-13-11-14(2)15(3)17(12-13)19-10-9-16-7-5-6-8-18(16)20(19)4;1-13-7-3-5-9-15(13)17-12-11-14-8-4-6-10-16(14)18(17)2/h7-13H,14H2,1-6H3;7-10,12-15H,11H2,1-6H3;7-11,13-15H,12H2,1-6H3;5-12H,1-4H3;3-12H,1-2H3/q5*+1. The van der Waals surface area contributed by atoms with E-state index in [2.05, 4.69) is 375 Å². The van der Waals surface area contributed by atoms with E-state index >= 15 is 0 Å². The minimum Gasteiger partial charge on any atom is -0.194 e. The predicted molar refractivity (Wildman–Crippen MR) is 475 cm³/mol. The molecule has 0 fully saturated rings. The number of rotatable bonds is 11. The van der Waals surface area contributed by atoms with Crippen LogP contribution in [0.5, 0.6) is 0 Å². The highest BCUT2D eigenvalue weighted by Crippen LogP contribution is 2.42. The molecule has 0 aliphatic heterocycles. The molecule has 0 spiro atoms. The van der Waals surface area contributed by atoms with Gasteiger partial charge in [0.1, 0.15) is 35.2 Å². The number of benzene rings is 10. The van der Waals surface area contributed by atoms with Crippen LogP contribution >= 0.6 is 0 Å². The lowest BCUT2D eigenvalue weighted by Crippen LogP contribution is -2.35. The summed E-state index contributed by atoms with van der Waals surface area (Å²) in [6.45, 7) is 39.9. The van der Waals surface area contributed by atoms with E-state index in [1.807, 2.05) is 31.3 Å². The average Bonchev–Trinajstić information content (AvgIpc) is 0.749. The molecule has 114 heavy (non-hydrogen) atoms. The number of hydrogen-bond acceptors (Lipinski definition) is 0. The van der Waals surface area contributed by atoms with Crippen molar-refractivity contribution in [3.63, 3.8) is 0 Å². The molecule has 5 aromatic heterocycles. The topological polar surface area (TPSA) is 19.4 Å². The summed E-state index contributed by atoms with van der Waals surface area (Å²) in [6.07, 6.45) is -2.04. The van der Waals surface area contributed by atoms with Gasteiger partial charge in [0.25, 0.3) is 0 Å². The van der Waals surface area contributed by atoms with Crippen molar-refractivity contribution in [1.82, 2.24) is 0 Å². The SMILES string of the molecule is Cc1cc(C)c(C)c(-c2ccc3c(CC(C)(C)C(F)(F)F)cccc3[n+]2C)c1.Cc1cc(C)c(C)c(-c2ccc3c(CC(C)C)cccc3[n+]2C)c1.Cc1cc(C)c(C)c(-c2ccc3ccc(CC(C)C)cc3[n+]2C)c1.Cc1cc(C)c(C)c(-c2ccc3ccccc3[n+]2C)c1.Cc1ccccc1-c1ccc2ccccc2[n+]1C. The van der Waals surface area contributed by atoms with Crippen molar-refractivity contribution < 1.29 is 36.0 Å². The first kappa shape index (κ1) is 84.0. The third-order valence-corrected chi connectivity index (χ3v) is 23.5. The average molecular weight is 1520 g/mol. The fraction of sp³-hybridized carbons (Fsp3) is 0.292. The van der Waals surface area contributed by atoms with Gasteiger partial charge in [0.2, 0.25) is 56.1 Å². The lowest BCUT2D eigenvalue weighted by molar-refractivity contribution is -0.633. The number of alkyl halides is 3. The monoisotopic (exact) mass is 1520 g/mol. The van der Waals surface area contributed by atoms with Crippen LogP contribution in [-0.2, 0) is 54.5 Å². The first-order chi connectivity index (χ1) is 54.0. The van der Waals surface area contributed by atoms with Crippen molar-refractivity contribution in [1.29, 1.82) is 0 Å². The molecule has 15 aromatic rings. The number of nitrogens with zero attached hydrogens (tertiary/aromatic N) is 5. The molecule has 5 nitrogen and oxygen atoms in total. The Labute approximate surface area is 677 Å². The van der Waals surface area contributed by atoms with Gasteiger partial charge in [0.15, 0.2) is 0 Å². The second-order valence-electron chi connectivity index (χ2n) is 33.7. The maximum Gasteiger partial charge on any atom is 0.394 e. The quantitative estimate of drug-likeness (QED) is 0.115. The summed E-state index contributed by atoms with van der Waals surface area (Å²) in [5.41, 5.74) is 37.6. The minimum absolute atomic E-state index is 0.0459. The van der Waals surface area contributed by atoms with Gasteiger partial charge < -0.3 is 0 Å². The second-order valence-corrected chi connectivity index (χ2v) is 33.7. The van der Waals surface area contributed by atoms with Gasteiger partial charge in [-0.2, -0.15) is 36.0 Å². The van der Waals surface area contributed by atoms with E-state index in [4.69, 9.17) is 0 Å². The number of pyridine rings is 5. The van der Waals surface area contributed by atoms with Crippen LogP contribution in [0.3, 0.4) is 0 Å². The highest BCUT2D eigenvalue weighted by Gasteiger charge is 2.47. The molecule has 0 unspecified atom stereocenters. The van der Waals surface area contributed by atoms with Gasteiger partial charge in [-0.3, -0.25) is 0 Å². The van der Waals surface area contributed by atoms with Crippen molar-refractivity contribution in [3.8, 4) is 56.3 Å². The summed E-state index contributed by atoms with van der Waals surface area (Å²) in [6, 6.07) is 84.6. The highest BCUT2D eigenvalue weighted by atomic mass is 19.4. The molecule has 0 atom stereocenters. The zero-order valence-corrected chi connectivity index (χ0v) is 72.2. The highest BCUT2D eigenvalue weighted by molar-refractivity contribution is 5.85. The van der Waals surface area contributed by atoms with Crippen LogP contribution in [0.15, 0.2) is 237 Å². The van der Waals surface area contributed by atoms with Gasteiger partial charge >= 0.3 is 6.18 Å².